The molecule has 0 spiro atoms. The highest BCUT2D eigenvalue weighted by Crippen LogP contribution is 2.31. The number of hydrogen-bond acceptors (Lipinski definition) is 4. The van der Waals surface area contributed by atoms with E-state index in [0.29, 0.717) is 6.54 Å². The van der Waals surface area contributed by atoms with Crippen LogP contribution in [0.1, 0.15) is 23.6 Å². The Labute approximate surface area is 252 Å². The van der Waals surface area contributed by atoms with Crippen LogP contribution in [-0.4, -0.2) is 44.3 Å². The Bertz CT molecular complexity index is 1600. The summed E-state index contributed by atoms with van der Waals surface area (Å²) < 4.78 is 28.9. The van der Waals surface area contributed by atoms with Crippen molar-refractivity contribution < 1.29 is 18.0 Å². The number of hydrogen-bond donors (Lipinski definition) is 1. The molecule has 0 aliphatic carbocycles. The van der Waals surface area contributed by atoms with Crippen LogP contribution in [0.2, 0.25) is 5.02 Å². The van der Waals surface area contributed by atoms with Gasteiger partial charge in [0, 0.05) is 19.5 Å². The molecule has 42 heavy (non-hydrogen) atoms. The summed E-state index contributed by atoms with van der Waals surface area (Å²) in [6, 6.07) is 30.6. The zero-order chi connectivity index (χ0) is 30.1. The summed E-state index contributed by atoms with van der Waals surface area (Å²) >= 11 is 6.49. The van der Waals surface area contributed by atoms with Crippen LogP contribution in [0.15, 0.2) is 114 Å². The zero-order valence-corrected chi connectivity index (χ0v) is 25.2. The van der Waals surface area contributed by atoms with Crippen molar-refractivity contribution >= 4 is 39.1 Å². The van der Waals surface area contributed by atoms with Crippen molar-refractivity contribution in [3.8, 4) is 0 Å². The van der Waals surface area contributed by atoms with Crippen molar-refractivity contribution in [3.05, 3.63) is 131 Å². The van der Waals surface area contributed by atoms with Crippen LogP contribution in [0.5, 0.6) is 0 Å². The smallest absolute Gasteiger partial charge is 0.264 e. The second-order valence-corrected chi connectivity index (χ2v) is 12.2. The van der Waals surface area contributed by atoms with Gasteiger partial charge < -0.3 is 10.2 Å². The summed E-state index contributed by atoms with van der Waals surface area (Å²) in [6.45, 7) is 3.71. The lowest BCUT2D eigenvalue weighted by atomic mass is 10.0. The molecule has 4 rings (SSSR count). The van der Waals surface area contributed by atoms with Gasteiger partial charge in [-0.25, -0.2) is 8.42 Å². The molecule has 1 unspecified atom stereocenters. The lowest BCUT2D eigenvalue weighted by molar-refractivity contribution is -0.140. The van der Waals surface area contributed by atoms with Crippen molar-refractivity contribution in [2.45, 2.75) is 37.8 Å². The Morgan fingerprint density at radius 1 is 0.810 bits per heavy atom. The molecule has 0 aromatic heterocycles. The molecule has 0 aliphatic heterocycles. The van der Waals surface area contributed by atoms with Crippen LogP contribution >= 0.6 is 11.6 Å². The standard InChI is InChI=1S/C33H34ClN3O4S/c1-3-35-33(39)31(22-26-12-6-4-7-13-26)36(23-27-20-18-25(2)19-21-27)32(38)24-37(30-17-11-10-16-29(30)34)42(40,41)28-14-8-5-9-15-28/h4-21,31H,3,22-24H2,1-2H3,(H,35,39). The van der Waals surface area contributed by atoms with Crippen LogP contribution in [0, 0.1) is 6.92 Å². The van der Waals surface area contributed by atoms with Crippen molar-refractivity contribution in [3.63, 3.8) is 0 Å². The average Bonchev–Trinajstić information content (AvgIpc) is 3.00. The monoisotopic (exact) mass is 603 g/mol. The van der Waals surface area contributed by atoms with Gasteiger partial charge >= 0.3 is 0 Å². The first-order valence-corrected chi connectivity index (χ1v) is 15.5. The highest BCUT2D eigenvalue weighted by Gasteiger charge is 2.35. The molecule has 4 aromatic rings. The predicted octanol–water partition coefficient (Wildman–Crippen LogP) is 5.62. The van der Waals surface area contributed by atoms with Crippen molar-refractivity contribution in [1.29, 1.82) is 0 Å². The second-order valence-electron chi connectivity index (χ2n) is 9.88. The maximum Gasteiger partial charge on any atom is 0.264 e. The Morgan fingerprint density at radius 3 is 2.02 bits per heavy atom. The third-order valence-corrected chi connectivity index (χ3v) is 8.92. The van der Waals surface area contributed by atoms with E-state index in [9.17, 15) is 18.0 Å². The number of para-hydroxylation sites is 1. The predicted molar refractivity (Wildman–Crippen MR) is 167 cm³/mol. The van der Waals surface area contributed by atoms with Gasteiger partial charge in [0.2, 0.25) is 11.8 Å². The summed E-state index contributed by atoms with van der Waals surface area (Å²) in [4.78, 5) is 29.3. The quantitative estimate of drug-likeness (QED) is 0.228. The number of likely N-dealkylation sites (N-methyl/N-ethyl adjacent to an activating group) is 1. The fourth-order valence-electron chi connectivity index (χ4n) is 4.62. The topological polar surface area (TPSA) is 86.8 Å². The number of nitrogens with zero attached hydrogens (tertiary/aromatic N) is 2. The largest absolute Gasteiger partial charge is 0.355 e. The molecule has 0 fully saturated rings. The summed E-state index contributed by atoms with van der Waals surface area (Å²) in [7, 11) is -4.20. The second kappa shape index (κ2) is 14.2. The first kappa shape index (κ1) is 30.8. The van der Waals surface area contributed by atoms with Gasteiger partial charge in [-0.1, -0.05) is 102 Å². The van der Waals surface area contributed by atoms with Crippen LogP contribution < -0.4 is 9.62 Å². The molecule has 0 bridgehead atoms. The molecular weight excluding hydrogens is 570 g/mol. The summed E-state index contributed by atoms with van der Waals surface area (Å²) in [5, 5.41) is 3.04. The van der Waals surface area contributed by atoms with E-state index < -0.39 is 28.5 Å². The minimum atomic E-state index is -4.20. The van der Waals surface area contributed by atoms with Gasteiger partial charge in [0.05, 0.1) is 15.6 Å². The van der Waals surface area contributed by atoms with Gasteiger partial charge in [-0.05, 0) is 49.2 Å². The lowest BCUT2D eigenvalue weighted by Gasteiger charge is -2.34. The van der Waals surface area contributed by atoms with E-state index in [2.05, 4.69) is 5.32 Å². The molecule has 0 aliphatic rings. The first-order valence-electron chi connectivity index (χ1n) is 13.7. The van der Waals surface area contributed by atoms with Crippen molar-refractivity contribution in [1.82, 2.24) is 10.2 Å². The van der Waals surface area contributed by atoms with Gasteiger partial charge in [0.1, 0.15) is 12.6 Å². The molecule has 4 aromatic carbocycles. The molecular formula is C33H34ClN3O4S. The van der Waals surface area contributed by atoms with E-state index in [1.165, 1.54) is 17.0 Å². The Hall–Kier alpha value is -4.14. The number of nitrogens with one attached hydrogen (secondary N) is 1. The number of anilines is 1. The van der Waals surface area contributed by atoms with E-state index in [1.54, 1.807) is 42.5 Å². The van der Waals surface area contributed by atoms with Gasteiger partial charge in [-0.2, -0.15) is 0 Å². The summed E-state index contributed by atoms with van der Waals surface area (Å²) in [5.41, 5.74) is 2.91. The number of carbonyl (C=O) groups is 2. The third kappa shape index (κ3) is 7.57. The SMILES string of the molecule is CCNC(=O)C(Cc1ccccc1)N(Cc1ccc(C)cc1)C(=O)CN(c1ccccc1Cl)S(=O)(=O)c1ccccc1. The molecule has 9 heteroatoms. The van der Waals surface area contributed by atoms with Gasteiger partial charge in [-0.15, -0.1) is 0 Å². The molecule has 2 amide bonds. The number of rotatable bonds is 12. The van der Waals surface area contributed by atoms with E-state index in [1.807, 2.05) is 68.4 Å². The lowest BCUT2D eigenvalue weighted by Crippen LogP contribution is -2.53. The van der Waals surface area contributed by atoms with Crippen LogP contribution in [0.3, 0.4) is 0 Å². The number of sulfonamides is 1. The Morgan fingerprint density at radius 2 is 1.40 bits per heavy atom. The van der Waals surface area contributed by atoms with Gasteiger partial charge in [-0.3, -0.25) is 13.9 Å². The first-order chi connectivity index (χ1) is 20.2. The molecule has 0 saturated heterocycles. The normalized spacial score (nSPS) is 11.9. The molecule has 0 saturated carbocycles. The number of carbonyl (C=O) groups excluding carboxylic acids is 2. The number of halogens is 1. The number of amides is 2. The van der Waals surface area contributed by atoms with Gasteiger partial charge in [0.25, 0.3) is 10.0 Å². The minimum absolute atomic E-state index is 0.0207. The molecule has 7 nitrogen and oxygen atoms in total. The van der Waals surface area contributed by atoms with Crippen molar-refractivity contribution in [2.75, 3.05) is 17.4 Å². The van der Waals surface area contributed by atoms with Crippen LogP contribution in [0.4, 0.5) is 5.69 Å². The molecule has 1 N–H and O–H groups in total. The minimum Gasteiger partial charge on any atom is -0.355 e. The zero-order valence-electron chi connectivity index (χ0n) is 23.6. The fraction of sp³-hybridized carbons (Fsp3) is 0.212. The summed E-state index contributed by atoms with van der Waals surface area (Å²) in [6.07, 6.45) is 0.252. The van der Waals surface area contributed by atoms with E-state index in [-0.39, 0.29) is 34.5 Å². The number of benzene rings is 4. The highest BCUT2D eigenvalue weighted by atomic mass is 35.5. The molecule has 218 valence electrons. The Kier molecular flexibility index (Phi) is 10.4. The maximum absolute atomic E-state index is 14.3. The average molecular weight is 604 g/mol. The summed E-state index contributed by atoms with van der Waals surface area (Å²) in [5.74, 6) is -0.862. The highest BCUT2D eigenvalue weighted by molar-refractivity contribution is 7.92. The Balaban J connectivity index is 1.79. The molecule has 1 atom stereocenters. The van der Waals surface area contributed by atoms with E-state index in [0.717, 1.165) is 21.0 Å². The van der Waals surface area contributed by atoms with E-state index in [4.69, 9.17) is 11.6 Å². The molecule has 0 radical (unpaired) electrons. The number of aryl methyl sites for hydroxylation is 1. The van der Waals surface area contributed by atoms with Crippen LogP contribution in [-0.2, 0) is 32.6 Å². The van der Waals surface area contributed by atoms with Crippen molar-refractivity contribution in [2.24, 2.45) is 0 Å². The maximum atomic E-state index is 14.3. The molecule has 0 heterocycles. The van der Waals surface area contributed by atoms with Gasteiger partial charge in [0.15, 0.2) is 0 Å². The fourth-order valence-corrected chi connectivity index (χ4v) is 6.37. The third-order valence-electron chi connectivity index (χ3n) is 6.83. The van der Waals surface area contributed by atoms with E-state index >= 15 is 0 Å². The van der Waals surface area contributed by atoms with Crippen LogP contribution in [0.25, 0.3) is 0 Å².